The van der Waals surface area contributed by atoms with Gasteiger partial charge < -0.3 is 15.7 Å². The van der Waals surface area contributed by atoms with Gasteiger partial charge in [0.15, 0.2) is 0 Å². The monoisotopic (exact) mass is 278 g/mol. The molecule has 0 atom stereocenters. The van der Waals surface area contributed by atoms with Gasteiger partial charge in [-0.1, -0.05) is 12.1 Å². The topological polar surface area (TPSA) is 83.6 Å². The third-order valence-electron chi connectivity index (χ3n) is 2.98. The van der Waals surface area contributed by atoms with Gasteiger partial charge in [-0.05, 0) is 44.9 Å². The van der Waals surface area contributed by atoms with Crippen LogP contribution in [0.25, 0.3) is 0 Å². The van der Waals surface area contributed by atoms with E-state index in [0.29, 0.717) is 12.1 Å². The van der Waals surface area contributed by atoms with Gasteiger partial charge in [-0.25, -0.2) is 0 Å². The Morgan fingerprint density at radius 2 is 1.95 bits per heavy atom. The Bertz CT molecular complexity index is 492. The molecule has 0 fully saturated rings. The third-order valence-corrected chi connectivity index (χ3v) is 2.98. The lowest BCUT2D eigenvalue weighted by atomic mass is 10.0. The van der Waals surface area contributed by atoms with Crippen molar-refractivity contribution < 1.29 is 14.7 Å². The number of nitrogens with two attached hydrogens (primary N) is 1. The molecule has 20 heavy (non-hydrogen) atoms. The number of hydrogen-bond acceptors (Lipinski definition) is 3. The Labute approximate surface area is 119 Å². The van der Waals surface area contributed by atoms with E-state index < -0.39 is 11.5 Å². The van der Waals surface area contributed by atoms with Gasteiger partial charge >= 0.3 is 5.97 Å². The maximum absolute atomic E-state index is 12.2. The zero-order chi connectivity index (χ0) is 15.3. The number of rotatable bonds is 5. The quantitative estimate of drug-likeness (QED) is 0.806. The van der Waals surface area contributed by atoms with Crippen LogP contribution in [0.5, 0.6) is 0 Å². The summed E-state index contributed by atoms with van der Waals surface area (Å²) in [7, 11) is 0. The molecule has 1 aromatic carbocycles. The van der Waals surface area contributed by atoms with Crippen LogP contribution in [0.15, 0.2) is 24.3 Å². The van der Waals surface area contributed by atoms with E-state index >= 15 is 0 Å². The first-order valence-electron chi connectivity index (χ1n) is 6.57. The van der Waals surface area contributed by atoms with Gasteiger partial charge in [-0.2, -0.15) is 0 Å². The van der Waals surface area contributed by atoms with Gasteiger partial charge in [0.05, 0.1) is 0 Å². The largest absolute Gasteiger partial charge is 0.480 e. The van der Waals surface area contributed by atoms with Gasteiger partial charge in [0.1, 0.15) is 6.54 Å². The molecular formula is C15H22N2O3. The number of nitrogen functional groups attached to an aromatic ring is 1. The summed E-state index contributed by atoms with van der Waals surface area (Å²) in [6, 6.07) is 7.36. The number of carboxylic acids is 1. The van der Waals surface area contributed by atoms with Crippen LogP contribution >= 0.6 is 0 Å². The van der Waals surface area contributed by atoms with E-state index in [-0.39, 0.29) is 18.9 Å². The average Bonchev–Trinajstić information content (AvgIpc) is 2.31. The highest BCUT2D eigenvalue weighted by Crippen LogP contribution is 2.16. The molecule has 1 aromatic rings. The van der Waals surface area contributed by atoms with Gasteiger partial charge in [0.2, 0.25) is 5.91 Å². The number of aliphatic carboxylic acids is 1. The summed E-state index contributed by atoms with van der Waals surface area (Å²) < 4.78 is 0. The standard InChI is InChI=1S/C15H22N2O3/c1-15(2,3)17(10-14(19)20)13(18)8-7-11-5-4-6-12(16)9-11/h4-6,9H,7-8,10,16H2,1-3H3,(H,19,20). The summed E-state index contributed by atoms with van der Waals surface area (Å²) >= 11 is 0. The molecule has 5 nitrogen and oxygen atoms in total. The van der Waals surface area contributed by atoms with Crippen LogP contribution in [-0.4, -0.2) is 34.0 Å². The molecule has 0 bridgehead atoms. The van der Waals surface area contributed by atoms with Gasteiger partial charge in [-0.3, -0.25) is 9.59 Å². The van der Waals surface area contributed by atoms with Crippen molar-refractivity contribution in [3.05, 3.63) is 29.8 Å². The molecule has 1 amide bonds. The lowest BCUT2D eigenvalue weighted by Crippen LogP contribution is -2.48. The summed E-state index contributed by atoms with van der Waals surface area (Å²) in [6.07, 6.45) is 0.823. The first kappa shape index (κ1) is 16.0. The molecule has 0 aliphatic heterocycles. The Balaban J connectivity index is 2.69. The van der Waals surface area contributed by atoms with E-state index in [9.17, 15) is 9.59 Å². The molecule has 0 aliphatic rings. The maximum Gasteiger partial charge on any atom is 0.323 e. The number of nitrogens with zero attached hydrogens (tertiary/aromatic N) is 1. The Morgan fingerprint density at radius 1 is 1.30 bits per heavy atom. The number of carbonyl (C=O) groups excluding carboxylic acids is 1. The minimum absolute atomic E-state index is 0.165. The fraction of sp³-hybridized carbons (Fsp3) is 0.467. The molecule has 0 spiro atoms. The molecule has 0 heterocycles. The molecule has 110 valence electrons. The number of carboxylic acid groups (broad SMARTS) is 1. The first-order chi connectivity index (χ1) is 9.20. The van der Waals surface area contributed by atoms with E-state index in [2.05, 4.69) is 0 Å². The molecule has 0 saturated carbocycles. The fourth-order valence-corrected chi connectivity index (χ4v) is 1.97. The Morgan fingerprint density at radius 3 is 2.45 bits per heavy atom. The average molecular weight is 278 g/mol. The fourth-order valence-electron chi connectivity index (χ4n) is 1.97. The maximum atomic E-state index is 12.2. The van der Waals surface area contributed by atoms with Gasteiger partial charge in [-0.15, -0.1) is 0 Å². The van der Waals surface area contributed by atoms with Crippen LogP contribution in [0, 0.1) is 0 Å². The zero-order valence-corrected chi connectivity index (χ0v) is 12.2. The van der Waals surface area contributed by atoms with Crippen molar-refractivity contribution in [2.45, 2.75) is 39.2 Å². The lowest BCUT2D eigenvalue weighted by Gasteiger charge is -2.34. The van der Waals surface area contributed by atoms with Crippen molar-refractivity contribution in [3.63, 3.8) is 0 Å². The van der Waals surface area contributed by atoms with Crippen LogP contribution < -0.4 is 5.73 Å². The van der Waals surface area contributed by atoms with Crippen molar-refractivity contribution in [1.82, 2.24) is 4.90 Å². The van der Waals surface area contributed by atoms with Crippen LogP contribution in [0.3, 0.4) is 0 Å². The second-order valence-corrected chi connectivity index (χ2v) is 5.79. The Hall–Kier alpha value is -2.04. The van der Waals surface area contributed by atoms with E-state index in [0.717, 1.165) is 5.56 Å². The summed E-state index contributed by atoms with van der Waals surface area (Å²) in [5.41, 5.74) is 6.81. The van der Waals surface area contributed by atoms with Gasteiger partial charge in [0, 0.05) is 17.6 Å². The first-order valence-corrected chi connectivity index (χ1v) is 6.57. The highest BCUT2D eigenvalue weighted by atomic mass is 16.4. The van der Waals surface area contributed by atoms with Gasteiger partial charge in [0.25, 0.3) is 0 Å². The molecule has 0 unspecified atom stereocenters. The summed E-state index contributed by atoms with van der Waals surface area (Å²) in [5.74, 6) is -1.17. The SMILES string of the molecule is CC(C)(C)N(CC(=O)O)C(=O)CCc1cccc(N)c1. The van der Waals surface area contributed by atoms with E-state index in [1.54, 1.807) is 6.07 Å². The normalized spacial score (nSPS) is 11.2. The number of carbonyl (C=O) groups is 2. The summed E-state index contributed by atoms with van der Waals surface area (Å²) in [6.45, 7) is 5.20. The van der Waals surface area contributed by atoms with Crippen molar-refractivity contribution in [2.24, 2.45) is 0 Å². The highest BCUT2D eigenvalue weighted by Gasteiger charge is 2.27. The van der Waals surface area contributed by atoms with Crippen molar-refractivity contribution >= 4 is 17.6 Å². The number of amides is 1. The second kappa shape index (κ2) is 6.41. The van der Waals surface area contributed by atoms with Crippen LogP contribution in [0.1, 0.15) is 32.8 Å². The molecule has 0 aromatic heterocycles. The summed E-state index contributed by atoms with van der Waals surface area (Å²) in [5, 5.41) is 8.91. The molecule has 0 saturated heterocycles. The molecular weight excluding hydrogens is 256 g/mol. The van der Waals surface area contributed by atoms with Crippen molar-refractivity contribution in [3.8, 4) is 0 Å². The van der Waals surface area contributed by atoms with Crippen molar-refractivity contribution in [1.29, 1.82) is 0 Å². The molecule has 0 aliphatic carbocycles. The molecule has 1 rings (SSSR count). The number of hydrogen-bond donors (Lipinski definition) is 2. The second-order valence-electron chi connectivity index (χ2n) is 5.79. The lowest BCUT2D eigenvalue weighted by molar-refractivity contribution is -0.148. The van der Waals surface area contributed by atoms with E-state index in [4.69, 9.17) is 10.8 Å². The summed E-state index contributed by atoms with van der Waals surface area (Å²) in [4.78, 5) is 24.5. The zero-order valence-electron chi connectivity index (χ0n) is 12.2. The highest BCUT2D eigenvalue weighted by molar-refractivity contribution is 5.82. The van der Waals surface area contributed by atoms with Crippen LogP contribution in [-0.2, 0) is 16.0 Å². The van der Waals surface area contributed by atoms with E-state index in [1.165, 1.54) is 4.90 Å². The number of aryl methyl sites for hydroxylation is 1. The minimum atomic E-state index is -1.00. The molecule has 5 heteroatoms. The predicted molar refractivity (Wildman–Crippen MR) is 78.3 cm³/mol. The predicted octanol–water partition coefficient (Wildman–Crippen LogP) is 1.91. The van der Waals surface area contributed by atoms with E-state index in [1.807, 2.05) is 39.0 Å². The van der Waals surface area contributed by atoms with Crippen LogP contribution in [0.4, 0.5) is 5.69 Å². The van der Waals surface area contributed by atoms with Crippen molar-refractivity contribution in [2.75, 3.05) is 12.3 Å². The van der Waals surface area contributed by atoms with Crippen LogP contribution in [0.2, 0.25) is 0 Å². The Kier molecular flexibility index (Phi) is 5.13. The smallest absolute Gasteiger partial charge is 0.323 e. The minimum Gasteiger partial charge on any atom is -0.480 e. The molecule has 0 radical (unpaired) electrons. The number of anilines is 1. The third kappa shape index (κ3) is 4.91. The molecule has 3 N–H and O–H groups in total. The number of benzene rings is 1.